The number of nitrogens with zero attached hydrogens (tertiary/aromatic N) is 4. The van der Waals surface area contributed by atoms with E-state index in [2.05, 4.69) is 50.8 Å². The lowest BCUT2D eigenvalue weighted by Gasteiger charge is -2.34. The molecule has 130 valence electrons. The number of imidazole rings is 1. The molecule has 0 saturated carbocycles. The number of piperidine rings is 1. The molecule has 3 aromatic rings. The van der Waals surface area contributed by atoms with Crippen LogP contribution in [0.4, 0.5) is 0 Å². The average molecular weight is 355 g/mol. The molecule has 0 amide bonds. The maximum absolute atomic E-state index is 6.45. The summed E-state index contributed by atoms with van der Waals surface area (Å²) >= 11 is 6.45. The predicted octanol–water partition coefficient (Wildman–Crippen LogP) is 4.57. The highest BCUT2D eigenvalue weighted by Gasteiger charge is 2.26. The number of fused-ring (bicyclic) bond motifs is 1. The second-order valence-electron chi connectivity index (χ2n) is 6.84. The fourth-order valence-electron chi connectivity index (χ4n) is 3.86. The fourth-order valence-corrected chi connectivity index (χ4v) is 4.01. The number of alkyl halides is 1. The highest BCUT2D eigenvalue weighted by atomic mass is 35.5. The van der Waals surface area contributed by atoms with E-state index >= 15 is 0 Å². The van der Waals surface area contributed by atoms with Crippen molar-refractivity contribution in [3.63, 3.8) is 0 Å². The van der Waals surface area contributed by atoms with Crippen LogP contribution in [0.1, 0.15) is 42.6 Å². The Morgan fingerprint density at radius 2 is 2.08 bits per heavy atom. The quantitative estimate of drug-likeness (QED) is 0.644. The molecule has 1 aromatic carbocycles. The second kappa shape index (κ2) is 7.14. The van der Waals surface area contributed by atoms with E-state index in [1.165, 1.54) is 12.0 Å². The van der Waals surface area contributed by atoms with Gasteiger partial charge < -0.3 is 4.57 Å². The van der Waals surface area contributed by atoms with Gasteiger partial charge in [-0.15, -0.1) is 11.6 Å². The van der Waals surface area contributed by atoms with E-state index in [-0.39, 0.29) is 5.38 Å². The van der Waals surface area contributed by atoms with Gasteiger partial charge in [0.1, 0.15) is 11.3 Å². The van der Waals surface area contributed by atoms with Crippen molar-refractivity contribution in [2.45, 2.75) is 37.7 Å². The third kappa shape index (κ3) is 3.42. The molecule has 0 radical (unpaired) electrons. The molecular formula is C20H23ClN4. The summed E-state index contributed by atoms with van der Waals surface area (Å²) in [7, 11) is 0. The van der Waals surface area contributed by atoms with E-state index in [4.69, 9.17) is 16.6 Å². The molecule has 1 aliphatic rings. The number of hydrogen-bond donors (Lipinski definition) is 0. The molecule has 1 saturated heterocycles. The largest absolute Gasteiger partial charge is 0.322 e. The number of hydrogen-bond acceptors (Lipinski definition) is 3. The van der Waals surface area contributed by atoms with Crippen molar-refractivity contribution < 1.29 is 0 Å². The summed E-state index contributed by atoms with van der Waals surface area (Å²) in [6, 6.07) is 13.2. The third-order valence-corrected chi connectivity index (χ3v) is 5.16. The Balaban J connectivity index is 1.63. The van der Waals surface area contributed by atoms with Gasteiger partial charge in [0.15, 0.2) is 0 Å². The van der Waals surface area contributed by atoms with Crippen LogP contribution in [-0.4, -0.2) is 32.5 Å². The van der Waals surface area contributed by atoms with Gasteiger partial charge in [0.05, 0.1) is 17.1 Å². The summed E-state index contributed by atoms with van der Waals surface area (Å²) < 4.78 is 2.35. The Morgan fingerprint density at radius 1 is 1.24 bits per heavy atom. The first-order valence-electron chi connectivity index (χ1n) is 8.94. The second-order valence-corrected chi connectivity index (χ2v) is 7.49. The highest BCUT2D eigenvalue weighted by molar-refractivity contribution is 6.20. The van der Waals surface area contributed by atoms with E-state index in [0.717, 1.165) is 42.9 Å². The maximum Gasteiger partial charge on any atom is 0.128 e. The van der Waals surface area contributed by atoms with Crippen molar-refractivity contribution in [2.24, 2.45) is 0 Å². The van der Waals surface area contributed by atoms with Crippen molar-refractivity contribution in [3.8, 4) is 0 Å². The van der Waals surface area contributed by atoms with Gasteiger partial charge in [-0.2, -0.15) is 0 Å². The van der Waals surface area contributed by atoms with Crippen LogP contribution >= 0.6 is 11.6 Å². The van der Waals surface area contributed by atoms with Crippen LogP contribution in [0.5, 0.6) is 0 Å². The van der Waals surface area contributed by atoms with Crippen LogP contribution in [-0.2, 0) is 6.54 Å². The lowest BCUT2D eigenvalue weighted by Crippen LogP contribution is -2.36. The van der Waals surface area contributed by atoms with Gasteiger partial charge >= 0.3 is 0 Å². The number of halogens is 1. The van der Waals surface area contributed by atoms with E-state index in [1.807, 2.05) is 19.3 Å². The van der Waals surface area contributed by atoms with Crippen LogP contribution < -0.4 is 0 Å². The zero-order valence-electron chi connectivity index (χ0n) is 14.5. The molecule has 0 bridgehead atoms. The van der Waals surface area contributed by atoms with Crippen molar-refractivity contribution in [1.82, 2.24) is 19.4 Å². The van der Waals surface area contributed by atoms with Crippen molar-refractivity contribution in [1.29, 1.82) is 0 Å². The standard InChI is InChI=1S/C20H23ClN4/c1-15(21)20-23-18-12-22-10-9-19(18)25(20)17-8-5-11-24(14-17)13-16-6-3-2-4-7-16/h2-4,6-7,9-10,12,15,17H,5,8,11,13-14H2,1H3. The van der Waals surface area contributed by atoms with Gasteiger partial charge in [-0.1, -0.05) is 30.3 Å². The summed E-state index contributed by atoms with van der Waals surface area (Å²) in [6.45, 7) is 5.17. The van der Waals surface area contributed by atoms with Crippen LogP contribution in [0.25, 0.3) is 11.0 Å². The van der Waals surface area contributed by atoms with Gasteiger partial charge in [0.25, 0.3) is 0 Å². The lowest BCUT2D eigenvalue weighted by atomic mass is 10.0. The van der Waals surface area contributed by atoms with Crippen LogP contribution in [0, 0.1) is 0 Å². The Hall–Kier alpha value is -1.91. The number of likely N-dealkylation sites (tertiary alicyclic amines) is 1. The first kappa shape index (κ1) is 16.6. The molecule has 0 N–H and O–H groups in total. The molecule has 25 heavy (non-hydrogen) atoms. The molecule has 1 fully saturated rings. The van der Waals surface area contributed by atoms with Gasteiger partial charge in [0.2, 0.25) is 0 Å². The van der Waals surface area contributed by atoms with Crippen molar-refractivity contribution in [2.75, 3.05) is 13.1 Å². The predicted molar refractivity (Wildman–Crippen MR) is 102 cm³/mol. The van der Waals surface area contributed by atoms with Crippen molar-refractivity contribution >= 4 is 22.6 Å². The Morgan fingerprint density at radius 3 is 2.88 bits per heavy atom. The monoisotopic (exact) mass is 354 g/mol. The minimum atomic E-state index is -0.114. The SMILES string of the molecule is CC(Cl)c1nc2cnccc2n1C1CCCN(Cc2ccccc2)C1. The molecule has 1 aliphatic heterocycles. The molecular weight excluding hydrogens is 332 g/mol. The van der Waals surface area contributed by atoms with E-state index in [0.29, 0.717) is 6.04 Å². The number of pyridine rings is 1. The third-order valence-electron chi connectivity index (χ3n) is 4.97. The Labute approximate surface area is 153 Å². The number of rotatable bonds is 4. The molecule has 3 heterocycles. The maximum atomic E-state index is 6.45. The molecule has 2 aromatic heterocycles. The summed E-state index contributed by atoms with van der Waals surface area (Å²) in [4.78, 5) is 11.5. The summed E-state index contributed by atoms with van der Waals surface area (Å²) in [6.07, 6.45) is 6.03. The molecule has 0 aliphatic carbocycles. The number of benzene rings is 1. The molecule has 2 atom stereocenters. The summed E-state index contributed by atoms with van der Waals surface area (Å²) in [5.74, 6) is 0.955. The lowest BCUT2D eigenvalue weighted by molar-refractivity contribution is 0.170. The number of aromatic nitrogens is 3. The fraction of sp³-hybridized carbons (Fsp3) is 0.400. The van der Waals surface area contributed by atoms with E-state index < -0.39 is 0 Å². The molecule has 0 spiro atoms. The molecule has 4 rings (SSSR count). The topological polar surface area (TPSA) is 34.0 Å². The smallest absolute Gasteiger partial charge is 0.128 e. The van der Waals surface area contributed by atoms with Crippen LogP contribution in [0.3, 0.4) is 0 Å². The van der Waals surface area contributed by atoms with E-state index in [9.17, 15) is 0 Å². The average Bonchev–Trinajstić information content (AvgIpc) is 3.03. The van der Waals surface area contributed by atoms with Crippen molar-refractivity contribution in [3.05, 3.63) is 60.2 Å². The van der Waals surface area contributed by atoms with Gasteiger partial charge in [-0.05, 0) is 37.9 Å². The zero-order valence-corrected chi connectivity index (χ0v) is 15.2. The molecule has 5 heteroatoms. The zero-order chi connectivity index (χ0) is 17.2. The van der Waals surface area contributed by atoms with Crippen LogP contribution in [0.15, 0.2) is 48.8 Å². The van der Waals surface area contributed by atoms with Gasteiger partial charge in [-0.25, -0.2) is 4.98 Å². The summed E-state index contributed by atoms with van der Waals surface area (Å²) in [5.41, 5.74) is 3.45. The van der Waals surface area contributed by atoms with Gasteiger partial charge in [0, 0.05) is 25.3 Å². The highest BCUT2D eigenvalue weighted by Crippen LogP contribution is 2.32. The molecule has 4 nitrogen and oxygen atoms in total. The Kier molecular flexibility index (Phi) is 4.73. The minimum Gasteiger partial charge on any atom is -0.322 e. The summed E-state index contributed by atoms with van der Waals surface area (Å²) in [5, 5.41) is -0.114. The normalized spacial score (nSPS) is 20.0. The first-order chi connectivity index (χ1) is 12.2. The van der Waals surface area contributed by atoms with Crippen LogP contribution in [0.2, 0.25) is 0 Å². The van der Waals surface area contributed by atoms with E-state index in [1.54, 1.807) is 0 Å². The van der Waals surface area contributed by atoms with Gasteiger partial charge in [-0.3, -0.25) is 9.88 Å². The Bertz CT molecular complexity index is 843. The minimum absolute atomic E-state index is 0.114. The first-order valence-corrected chi connectivity index (χ1v) is 9.38. The molecule has 2 unspecified atom stereocenters.